The number of nitrogens with zero attached hydrogens (tertiary/aromatic N) is 1. The van der Waals surface area contributed by atoms with E-state index in [1.54, 1.807) is 4.90 Å². The molecule has 3 heteroatoms. The predicted octanol–water partition coefficient (Wildman–Crippen LogP) is 1.10. The molecule has 2 N–H and O–H groups in total. The number of carbonyl (C=O) groups is 1. The summed E-state index contributed by atoms with van der Waals surface area (Å²) in [5.74, 6) is 2.21. The summed E-state index contributed by atoms with van der Waals surface area (Å²) in [5.41, 5.74) is 7.69. The molecule has 0 bridgehead atoms. The molecule has 1 aliphatic rings. The summed E-state index contributed by atoms with van der Waals surface area (Å²) in [6.45, 7) is 1.27. The minimum atomic E-state index is -0.271. The molecule has 0 saturated carbocycles. The van der Waals surface area contributed by atoms with Gasteiger partial charge in [0.2, 0.25) is 0 Å². The number of rotatable bonds is 2. The zero-order chi connectivity index (χ0) is 11.5. The van der Waals surface area contributed by atoms with E-state index < -0.39 is 0 Å². The minimum Gasteiger partial charge on any atom is -0.330 e. The van der Waals surface area contributed by atoms with Crippen LogP contribution in [0.15, 0.2) is 24.3 Å². The molecule has 0 aromatic heterocycles. The highest BCUT2D eigenvalue weighted by molar-refractivity contribution is 6.06. The van der Waals surface area contributed by atoms with Gasteiger partial charge in [0.25, 0.3) is 0 Å². The first-order valence-electron chi connectivity index (χ1n) is 5.35. The van der Waals surface area contributed by atoms with E-state index in [9.17, 15) is 4.79 Å². The van der Waals surface area contributed by atoms with Crippen molar-refractivity contribution in [2.75, 3.05) is 18.0 Å². The molecule has 0 spiro atoms. The van der Waals surface area contributed by atoms with Crippen LogP contribution in [0.3, 0.4) is 0 Å². The van der Waals surface area contributed by atoms with Crippen molar-refractivity contribution < 1.29 is 4.79 Å². The lowest BCUT2D eigenvalue weighted by Gasteiger charge is -2.13. The van der Waals surface area contributed by atoms with E-state index in [2.05, 4.69) is 5.92 Å². The van der Waals surface area contributed by atoms with Gasteiger partial charge in [0.15, 0.2) is 0 Å². The second kappa shape index (κ2) is 4.38. The van der Waals surface area contributed by atoms with Crippen LogP contribution in [0.1, 0.15) is 17.9 Å². The molecule has 1 aromatic rings. The Labute approximate surface area is 95.2 Å². The van der Waals surface area contributed by atoms with Gasteiger partial charge in [-0.1, -0.05) is 18.2 Å². The molecule has 16 heavy (non-hydrogen) atoms. The quantitative estimate of drug-likeness (QED) is 0.749. The van der Waals surface area contributed by atoms with Gasteiger partial charge in [-0.2, -0.15) is 0 Å². The maximum Gasteiger partial charge on any atom is 0.302 e. The number of fused-ring (bicyclic) bond motifs is 1. The highest BCUT2D eigenvalue weighted by Crippen LogP contribution is 2.37. The smallest absolute Gasteiger partial charge is 0.302 e. The fraction of sp³-hybridized carbons (Fsp3) is 0.308. The van der Waals surface area contributed by atoms with Crippen LogP contribution in [0.5, 0.6) is 0 Å². The van der Waals surface area contributed by atoms with Crippen LogP contribution in [0.25, 0.3) is 0 Å². The molecular weight excluding hydrogens is 200 g/mol. The standard InChI is InChI=1S/C13H14N2O/c1-2-13(16)15-9-10(7-8-14)11-5-3-4-6-12(11)15/h1,3-6,10H,7-9,14H2. The summed E-state index contributed by atoms with van der Waals surface area (Å²) >= 11 is 0. The number of nitrogens with two attached hydrogens (primary N) is 1. The third-order valence-electron chi connectivity index (χ3n) is 2.95. The summed E-state index contributed by atoms with van der Waals surface area (Å²) in [6.07, 6.45) is 6.04. The van der Waals surface area contributed by atoms with Crippen LogP contribution >= 0.6 is 0 Å². The van der Waals surface area contributed by atoms with Crippen molar-refractivity contribution >= 4 is 11.6 Å². The number of benzene rings is 1. The Balaban J connectivity index is 2.36. The second-order valence-electron chi connectivity index (χ2n) is 3.89. The number of para-hydroxylation sites is 1. The van der Waals surface area contributed by atoms with Crippen molar-refractivity contribution in [3.63, 3.8) is 0 Å². The number of amides is 1. The summed E-state index contributed by atoms with van der Waals surface area (Å²) < 4.78 is 0. The van der Waals surface area contributed by atoms with Gasteiger partial charge in [-0.05, 0) is 30.5 Å². The lowest BCUT2D eigenvalue weighted by atomic mass is 9.98. The Morgan fingerprint density at radius 2 is 2.31 bits per heavy atom. The second-order valence-corrected chi connectivity index (χ2v) is 3.89. The van der Waals surface area contributed by atoms with Gasteiger partial charge in [0.05, 0.1) is 0 Å². The van der Waals surface area contributed by atoms with E-state index in [0.29, 0.717) is 19.0 Å². The van der Waals surface area contributed by atoms with Gasteiger partial charge in [0.1, 0.15) is 0 Å². The van der Waals surface area contributed by atoms with E-state index in [1.165, 1.54) is 5.56 Å². The Kier molecular flexibility index (Phi) is 2.93. The Hall–Kier alpha value is -1.79. The van der Waals surface area contributed by atoms with Crippen LogP contribution in [0.4, 0.5) is 5.69 Å². The topological polar surface area (TPSA) is 46.3 Å². The van der Waals surface area contributed by atoms with E-state index in [1.807, 2.05) is 24.3 Å². The van der Waals surface area contributed by atoms with Crippen molar-refractivity contribution in [3.8, 4) is 12.3 Å². The molecule has 3 nitrogen and oxygen atoms in total. The number of hydrogen-bond donors (Lipinski definition) is 1. The Morgan fingerprint density at radius 3 is 3.00 bits per heavy atom. The molecular formula is C13H14N2O. The zero-order valence-corrected chi connectivity index (χ0v) is 9.02. The monoisotopic (exact) mass is 214 g/mol. The summed E-state index contributed by atoms with van der Waals surface area (Å²) in [7, 11) is 0. The molecule has 1 aromatic carbocycles. The SMILES string of the molecule is C#CC(=O)N1CC(CCN)c2ccccc21. The van der Waals surface area contributed by atoms with Crippen molar-refractivity contribution in [1.29, 1.82) is 0 Å². The average Bonchev–Trinajstić information content (AvgIpc) is 2.68. The van der Waals surface area contributed by atoms with Crippen molar-refractivity contribution in [2.24, 2.45) is 5.73 Å². The molecule has 0 saturated heterocycles. The predicted molar refractivity (Wildman–Crippen MR) is 64.0 cm³/mol. The molecule has 1 aliphatic heterocycles. The molecule has 1 unspecified atom stereocenters. The highest BCUT2D eigenvalue weighted by atomic mass is 16.2. The van der Waals surface area contributed by atoms with Crippen molar-refractivity contribution in [1.82, 2.24) is 0 Å². The Morgan fingerprint density at radius 1 is 1.56 bits per heavy atom. The number of anilines is 1. The Bertz CT molecular complexity index is 447. The molecule has 0 aliphatic carbocycles. The van der Waals surface area contributed by atoms with Crippen molar-refractivity contribution in [3.05, 3.63) is 29.8 Å². The van der Waals surface area contributed by atoms with Crippen LogP contribution < -0.4 is 10.6 Å². The fourth-order valence-electron chi connectivity index (χ4n) is 2.21. The van der Waals surface area contributed by atoms with Gasteiger partial charge >= 0.3 is 5.91 Å². The van der Waals surface area contributed by atoms with Crippen molar-refractivity contribution in [2.45, 2.75) is 12.3 Å². The normalized spacial score (nSPS) is 18.0. The van der Waals surface area contributed by atoms with E-state index >= 15 is 0 Å². The van der Waals surface area contributed by atoms with Gasteiger partial charge in [-0.3, -0.25) is 4.79 Å². The highest BCUT2D eigenvalue weighted by Gasteiger charge is 2.30. The van der Waals surface area contributed by atoms with Gasteiger partial charge in [0, 0.05) is 18.2 Å². The zero-order valence-electron chi connectivity index (χ0n) is 9.02. The maximum atomic E-state index is 11.6. The molecule has 1 atom stereocenters. The van der Waals surface area contributed by atoms with Crippen LogP contribution in [0.2, 0.25) is 0 Å². The van der Waals surface area contributed by atoms with Crippen LogP contribution in [-0.2, 0) is 4.79 Å². The number of terminal acetylenes is 1. The van der Waals surface area contributed by atoms with Crippen LogP contribution in [-0.4, -0.2) is 19.0 Å². The third kappa shape index (κ3) is 1.68. The van der Waals surface area contributed by atoms with Gasteiger partial charge < -0.3 is 10.6 Å². The summed E-state index contributed by atoms with van der Waals surface area (Å²) in [4.78, 5) is 13.2. The summed E-state index contributed by atoms with van der Waals surface area (Å²) in [5, 5.41) is 0. The molecule has 1 amide bonds. The number of carbonyl (C=O) groups excluding carboxylic acids is 1. The maximum absolute atomic E-state index is 11.6. The summed E-state index contributed by atoms with van der Waals surface area (Å²) in [6, 6.07) is 7.87. The largest absolute Gasteiger partial charge is 0.330 e. The first-order valence-corrected chi connectivity index (χ1v) is 5.35. The number of hydrogen-bond acceptors (Lipinski definition) is 2. The van der Waals surface area contributed by atoms with E-state index in [0.717, 1.165) is 12.1 Å². The van der Waals surface area contributed by atoms with Gasteiger partial charge in [-0.25, -0.2) is 0 Å². The fourth-order valence-corrected chi connectivity index (χ4v) is 2.21. The minimum absolute atomic E-state index is 0.271. The van der Waals surface area contributed by atoms with Crippen LogP contribution in [0, 0.1) is 12.3 Å². The lowest BCUT2D eigenvalue weighted by molar-refractivity contribution is -0.113. The molecule has 0 fully saturated rings. The van der Waals surface area contributed by atoms with E-state index in [-0.39, 0.29) is 5.91 Å². The first kappa shape index (κ1) is 10.7. The average molecular weight is 214 g/mol. The lowest BCUT2D eigenvalue weighted by Crippen LogP contribution is -2.28. The molecule has 2 rings (SSSR count). The molecule has 82 valence electrons. The molecule has 1 heterocycles. The van der Waals surface area contributed by atoms with Gasteiger partial charge in [-0.15, -0.1) is 6.42 Å². The molecule has 0 radical (unpaired) electrons. The third-order valence-corrected chi connectivity index (χ3v) is 2.95. The van der Waals surface area contributed by atoms with E-state index in [4.69, 9.17) is 12.2 Å². The first-order chi connectivity index (χ1) is 7.77.